The zero-order valence-corrected chi connectivity index (χ0v) is 19.6. The minimum Gasteiger partial charge on any atom is -0.468 e. The van der Waals surface area contributed by atoms with Crippen molar-refractivity contribution < 1.29 is 9.15 Å². The third-order valence-electron chi connectivity index (χ3n) is 5.48. The third-order valence-corrected chi connectivity index (χ3v) is 5.48. The molecule has 8 heteroatoms. The topological polar surface area (TPSA) is 65.3 Å². The Morgan fingerprint density at radius 1 is 1.32 bits per heavy atom. The lowest BCUT2D eigenvalue weighted by atomic mass is 10.2. The summed E-state index contributed by atoms with van der Waals surface area (Å²) < 4.78 is 10.9. The van der Waals surface area contributed by atoms with E-state index in [2.05, 4.69) is 31.5 Å². The van der Waals surface area contributed by atoms with Gasteiger partial charge in [0.05, 0.1) is 18.9 Å². The highest BCUT2D eigenvalue weighted by Gasteiger charge is 2.28. The fourth-order valence-electron chi connectivity index (χ4n) is 3.80. The lowest BCUT2D eigenvalue weighted by Crippen LogP contribution is -2.45. The summed E-state index contributed by atoms with van der Waals surface area (Å²) in [7, 11) is 3.60. The highest BCUT2D eigenvalue weighted by Crippen LogP contribution is 2.26. The van der Waals surface area contributed by atoms with E-state index in [0.717, 1.165) is 63.6 Å². The molecule has 0 bridgehead atoms. The van der Waals surface area contributed by atoms with Crippen LogP contribution in [0, 0.1) is 0 Å². The number of hydrogen-bond donors (Lipinski definition) is 2. The molecular weight excluding hydrogens is 469 g/mol. The normalized spacial score (nSPS) is 18.9. The summed E-state index contributed by atoms with van der Waals surface area (Å²) in [6.45, 7) is 6.76. The van der Waals surface area contributed by atoms with Crippen molar-refractivity contribution in [1.82, 2.24) is 20.4 Å². The quantitative estimate of drug-likeness (QED) is 0.274. The lowest BCUT2D eigenvalue weighted by molar-refractivity contribution is 0.144. The van der Waals surface area contributed by atoms with Crippen molar-refractivity contribution in [2.45, 2.75) is 37.8 Å². The number of aliphatic imine (C=N–C) groups is 1. The van der Waals surface area contributed by atoms with Gasteiger partial charge < -0.3 is 19.8 Å². The molecule has 0 spiro atoms. The molecule has 3 rings (SSSR count). The molecule has 1 aliphatic carbocycles. The van der Waals surface area contributed by atoms with Crippen LogP contribution in [0.1, 0.15) is 37.5 Å². The second-order valence-corrected chi connectivity index (χ2v) is 7.41. The van der Waals surface area contributed by atoms with Gasteiger partial charge in [-0.1, -0.05) is 0 Å². The first kappa shape index (κ1) is 23.4. The summed E-state index contributed by atoms with van der Waals surface area (Å²) in [5.74, 6) is 1.88. The first-order valence-corrected chi connectivity index (χ1v) is 10.3. The fraction of sp³-hybridized carbons (Fsp3) is 0.750. The Hall–Kier alpha value is -0.840. The van der Waals surface area contributed by atoms with E-state index in [9.17, 15) is 0 Å². The number of guanidine groups is 1. The average molecular weight is 505 g/mol. The first-order chi connectivity index (χ1) is 13.3. The highest BCUT2D eigenvalue weighted by molar-refractivity contribution is 14.0. The van der Waals surface area contributed by atoms with Crippen LogP contribution in [0.4, 0.5) is 0 Å². The number of rotatable bonds is 11. The number of hydrogen-bond acceptors (Lipinski definition) is 5. The number of halogens is 1. The molecule has 1 aromatic rings. The molecule has 0 aromatic carbocycles. The van der Waals surface area contributed by atoms with Crippen molar-refractivity contribution in [3.63, 3.8) is 0 Å². The van der Waals surface area contributed by atoms with Gasteiger partial charge in [0, 0.05) is 46.4 Å². The highest BCUT2D eigenvalue weighted by atomic mass is 127. The molecule has 2 aliphatic rings. The summed E-state index contributed by atoms with van der Waals surface area (Å²) in [5, 5.41) is 6.95. The van der Waals surface area contributed by atoms with E-state index >= 15 is 0 Å². The van der Waals surface area contributed by atoms with Crippen molar-refractivity contribution in [2.75, 3.05) is 60.0 Å². The summed E-state index contributed by atoms with van der Waals surface area (Å²) in [6, 6.07) is 5.04. The zero-order valence-electron chi connectivity index (χ0n) is 17.2. The molecule has 2 heterocycles. The van der Waals surface area contributed by atoms with E-state index in [1.54, 1.807) is 13.4 Å². The molecule has 0 radical (unpaired) electrons. The lowest BCUT2D eigenvalue weighted by Gasteiger charge is -2.27. The second kappa shape index (κ2) is 12.7. The minimum atomic E-state index is 0. The fourth-order valence-corrected chi connectivity index (χ4v) is 3.80. The van der Waals surface area contributed by atoms with E-state index in [4.69, 9.17) is 9.15 Å². The number of nitrogens with zero attached hydrogens (tertiary/aromatic N) is 3. The Balaban J connectivity index is 0.00000280. The molecule has 0 amide bonds. The van der Waals surface area contributed by atoms with Crippen LogP contribution in [0.15, 0.2) is 27.8 Å². The van der Waals surface area contributed by atoms with Crippen LogP contribution < -0.4 is 10.6 Å². The van der Waals surface area contributed by atoms with Crippen molar-refractivity contribution >= 4 is 29.9 Å². The van der Waals surface area contributed by atoms with Crippen LogP contribution in [0.2, 0.25) is 0 Å². The van der Waals surface area contributed by atoms with Gasteiger partial charge in [-0.15, -0.1) is 24.0 Å². The van der Waals surface area contributed by atoms with E-state index in [-0.39, 0.29) is 30.0 Å². The van der Waals surface area contributed by atoms with Gasteiger partial charge in [0.1, 0.15) is 5.76 Å². The summed E-state index contributed by atoms with van der Waals surface area (Å²) in [5.41, 5.74) is 0. The Morgan fingerprint density at radius 3 is 2.71 bits per heavy atom. The molecule has 1 saturated carbocycles. The van der Waals surface area contributed by atoms with Crippen LogP contribution in [-0.4, -0.2) is 81.8 Å². The van der Waals surface area contributed by atoms with Gasteiger partial charge in [-0.2, -0.15) is 0 Å². The van der Waals surface area contributed by atoms with E-state index in [0.29, 0.717) is 0 Å². The molecule has 1 saturated heterocycles. The standard InChI is InChI=1S/C20H35N5O2.HI/c1-21-20(22-9-12-24(13-15-26-2)17-7-8-17)23-16-18(19-6-5-14-27-19)25-10-3-4-11-25;/h5-6,14,17-18H,3-4,7-13,15-16H2,1-2H3,(H2,21,22,23);1H. The molecule has 7 nitrogen and oxygen atoms in total. The van der Waals surface area contributed by atoms with Gasteiger partial charge in [0.25, 0.3) is 0 Å². The van der Waals surface area contributed by atoms with Gasteiger partial charge in [-0.25, -0.2) is 0 Å². The molecule has 1 aliphatic heterocycles. The van der Waals surface area contributed by atoms with E-state index < -0.39 is 0 Å². The number of furan rings is 1. The van der Waals surface area contributed by atoms with Gasteiger partial charge in [0.2, 0.25) is 0 Å². The molecule has 2 N–H and O–H groups in total. The first-order valence-electron chi connectivity index (χ1n) is 10.3. The second-order valence-electron chi connectivity index (χ2n) is 7.41. The Kier molecular flexibility index (Phi) is 10.6. The Labute approximate surface area is 186 Å². The van der Waals surface area contributed by atoms with Gasteiger partial charge in [0.15, 0.2) is 5.96 Å². The molecule has 1 unspecified atom stereocenters. The van der Waals surface area contributed by atoms with E-state index in [1.807, 2.05) is 13.1 Å². The van der Waals surface area contributed by atoms with Crippen LogP contribution in [0.3, 0.4) is 0 Å². The summed E-state index contributed by atoms with van der Waals surface area (Å²) in [4.78, 5) is 9.40. The Bertz CT molecular complexity index is 559. The van der Waals surface area contributed by atoms with Gasteiger partial charge >= 0.3 is 0 Å². The molecular formula is C20H36IN5O2. The number of ether oxygens (including phenoxy) is 1. The number of likely N-dealkylation sites (tertiary alicyclic amines) is 1. The predicted molar refractivity (Wildman–Crippen MR) is 124 cm³/mol. The third kappa shape index (κ3) is 7.20. The average Bonchev–Trinajstić information content (AvgIpc) is 3.15. The smallest absolute Gasteiger partial charge is 0.191 e. The van der Waals surface area contributed by atoms with Crippen molar-refractivity contribution in [3.05, 3.63) is 24.2 Å². The predicted octanol–water partition coefficient (Wildman–Crippen LogP) is 2.31. The maximum Gasteiger partial charge on any atom is 0.191 e. The van der Waals surface area contributed by atoms with Crippen LogP contribution in [0.25, 0.3) is 0 Å². The molecule has 160 valence electrons. The van der Waals surface area contributed by atoms with Crippen LogP contribution in [0.5, 0.6) is 0 Å². The van der Waals surface area contributed by atoms with Crippen LogP contribution in [-0.2, 0) is 4.74 Å². The maximum atomic E-state index is 5.70. The molecule has 2 fully saturated rings. The SMILES string of the molecule is CN=C(NCCN(CCOC)C1CC1)NCC(c1ccco1)N1CCCC1.I. The van der Waals surface area contributed by atoms with Crippen LogP contribution >= 0.6 is 24.0 Å². The molecule has 1 atom stereocenters. The molecule has 1 aromatic heterocycles. The Morgan fingerprint density at radius 2 is 2.11 bits per heavy atom. The zero-order chi connectivity index (χ0) is 18.9. The van der Waals surface area contributed by atoms with Crippen molar-refractivity contribution in [3.8, 4) is 0 Å². The number of methoxy groups -OCH3 is 1. The maximum absolute atomic E-state index is 5.70. The van der Waals surface area contributed by atoms with Gasteiger partial charge in [-0.3, -0.25) is 14.8 Å². The molecule has 28 heavy (non-hydrogen) atoms. The van der Waals surface area contributed by atoms with E-state index in [1.165, 1.54) is 25.7 Å². The van der Waals surface area contributed by atoms with Gasteiger partial charge in [-0.05, 0) is 50.9 Å². The largest absolute Gasteiger partial charge is 0.468 e. The summed E-state index contributed by atoms with van der Waals surface area (Å²) >= 11 is 0. The van der Waals surface area contributed by atoms with Crippen molar-refractivity contribution in [2.24, 2.45) is 4.99 Å². The monoisotopic (exact) mass is 505 g/mol. The number of nitrogens with one attached hydrogen (secondary N) is 2. The van der Waals surface area contributed by atoms with Crippen molar-refractivity contribution in [1.29, 1.82) is 0 Å². The minimum absolute atomic E-state index is 0. The summed E-state index contributed by atoms with van der Waals surface area (Å²) in [6.07, 6.45) is 6.93.